The predicted molar refractivity (Wildman–Crippen MR) is 49.0 cm³/mol. The first-order chi connectivity index (χ1) is 5.04. The lowest BCUT2D eigenvalue weighted by molar-refractivity contribution is 0.296. The van der Waals surface area contributed by atoms with Crippen LogP contribution in [0.5, 0.6) is 0 Å². The van der Waals surface area contributed by atoms with Gasteiger partial charge in [-0.15, -0.1) is 0 Å². The monoisotopic (exact) mass is 154 g/mol. The molecular weight excluding hydrogens is 136 g/mol. The Morgan fingerprint density at radius 1 is 1.27 bits per heavy atom. The highest BCUT2D eigenvalue weighted by molar-refractivity contribution is 5.72. The standard InChI is InChI=1S/C9H18N2/c1-5-9(6-2)10-7-8(3,4)11-9/h7,11H,5-6H2,1-4H3. The minimum atomic E-state index is 0.0312. The summed E-state index contributed by atoms with van der Waals surface area (Å²) in [5, 5.41) is 3.52. The first-order valence-corrected chi connectivity index (χ1v) is 4.39. The van der Waals surface area contributed by atoms with Gasteiger partial charge in [-0.3, -0.25) is 10.3 Å². The molecule has 1 N–H and O–H groups in total. The van der Waals surface area contributed by atoms with Gasteiger partial charge >= 0.3 is 0 Å². The third-order valence-electron chi connectivity index (χ3n) is 2.36. The minimum absolute atomic E-state index is 0.0312. The van der Waals surface area contributed by atoms with E-state index in [1.54, 1.807) is 0 Å². The zero-order valence-electron chi connectivity index (χ0n) is 7.94. The van der Waals surface area contributed by atoms with Crippen LogP contribution in [0.2, 0.25) is 0 Å². The van der Waals surface area contributed by atoms with Crippen molar-refractivity contribution >= 4 is 6.21 Å². The fourth-order valence-electron chi connectivity index (χ4n) is 1.56. The van der Waals surface area contributed by atoms with E-state index < -0.39 is 0 Å². The molecule has 0 aromatic heterocycles. The van der Waals surface area contributed by atoms with E-state index in [1.807, 2.05) is 6.21 Å². The molecule has 0 unspecified atom stereocenters. The molecule has 0 bridgehead atoms. The van der Waals surface area contributed by atoms with E-state index in [0.29, 0.717) is 0 Å². The van der Waals surface area contributed by atoms with E-state index >= 15 is 0 Å². The third-order valence-corrected chi connectivity index (χ3v) is 2.36. The Balaban J connectivity index is 2.73. The Hall–Kier alpha value is -0.370. The number of hydrogen-bond donors (Lipinski definition) is 1. The molecule has 0 amide bonds. The molecule has 0 aromatic carbocycles. The molecule has 2 nitrogen and oxygen atoms in total. The summed E-state index contributed by atoms with van der Waals surface area (Å²) in [7, 11) is 0. The van der Waals surface area contributed by atoms with E-state index in [1.165, 1.54) is 0 Å². The van der Waals surface area contributed by atoms with Gasteiger partial charge in [0.05, 0.1) is 0 Å². The zero-order chi connectivity index (χ0) is 8.54. The van der Waals surface area contributed by atoms with Crippen LogP contribution in [0.4, 0.5) is 0 Å². The molecule has 11 heavy (non-hydrogen) atoms. The van der Waals surface area contributed by atoms with Crippen molar-refractivity contribution in [2.75, 3.05) is 0 Å². The smallest absolute Gasteiger partial charge is 0.110 e. The quantitative estimate of drug-likeness (QED) is 0.646. The summed E-state index contributed by atoms with van der Waals surface area (Å²) in [6.07, 6.45) is 4.17. The van der Waals surface area contributed by atoms with Gasteiger partial charge in [0.25, 0.3) is 0 Å². The highest BCUT2D eigenvalue weighted by atomic mass is 15.2. The van der Waals surface area contributed by atoms with E-state index in [2.05, 4.69) is 38.0 Å². The average Bonchev–Trinajstić information content (AvgIpc) is 2.28. The lowest BCUT2D eigenvalue weighted by atomic mass is 10.0. The van der Waals surface area contributed by atoms with Gasteiger partial charge in [-0.05, 0) is 26.7 Å². The maximum Gasteiger partial charge on any atom is 0.110 e. The molecule has 1 aliphatic heterocycles. The topological polar surface area (TPSA) is 24.4 Å². The van der Waals surface area contributed by atoms with Crippen LogP contribution in [0.15, 0.2) is 4.99 Å². The summed E-state index contributed by atoms with van der Waals surface area (Å²) in [5.41, 5.74) is 0.121. The van der Waals surface area contributed by atoms with Gasteiger partial charge in [-0.25, -0.2) is 0 Å². The molecule has 0 atom stereocenters. The number of rotatable bonds is 2. The van der Waals surface area contributed by atoms with Gasteiger partial charge in [-0.2, -0.15) is 0 Å². The Labute approximate surface area is 69.1 Å². The number of nitrogens with one attached hydrogen (secondary N) is 1. The summed E-state index contributed by atoms with van der Waals surface area (Å²) >= 11 is 0. The molecule has 1 heterocycles. The minimum Gasteiger partial charge on any atom is -0.283 e. The second kappa shape index (κ2) is 2.59. The molecule has 0 saturated heterocycles. The van der Waals surface area contributed by atoms with Crippen molar-refractivity contribution in [1.82, 2.24) is 5.32 Å². The van der Waals surface area contributed by atoms with Gasteiger partial charge in [0.1, 0.15) is 5.66 Å². The molecule has 0 aromatic rings. The zero-order valence-corrected chi connectivity index (χ0v) is 7.94. The van der Waals surface area contributed by atoms with E-state index in [4.69, 9.17) is 0 Å². The SMILES string of the molecule is CCC1(CC)N=CC(C)(C)N1. The molecular formula is C9H18N2. The van der Waals surface area contributed by atoms with Crippen LogP contribution in [0.1, 0.15) is 40.5 Å². The van der Waals surface area contributed by atoms with Crippen molar-refractivity contribution in [2.24, 2.45) is 4.99 Å². The van der Waals surface area contributed by atoms with Crippen molar-refractivity contribution in [3.8, 4) is 0 Å². The Bertz CT molecular complexity index is 166. The summed E-state index contributed by atoms with van der Waals surface area (Å²) in [4.78, 5) is 4.52. The van der Waals surface area contributed by atoms with Gasteiger partial charge in [0.2, 0.25) is 0 Å². The third kappa shape index (κ3) is 1.62. The van der Waals surface area contributed by atoms with Crippen LogP contribution in [0.25, 0.3) is 0 Å². The molecule has 64 valence electrons. The second-order valence-corrected chi connectivity index (χ2v) is 3.84. The molecule has 1 rings (SSSR count). The highest BCUT2D eigenvalue weighted by Gasteiger charge is 2.35. The van der Waals surface area contributed by atoms with E-state index in [0.717, 1.165) is 12.8 Å². The van der Waals surface area contributed by atoms with Crippen molar-refractivity contribution in [2.45, 2.75) is 51.7 Å². The molecule has 0 radical (unpaired) electrons. The van der Waals surface area contributed by atoms with Crippen LogP contribution in [0.3, 0.4) is 0 Å². The fraction of sp³-hybridized carbons (Fsp3) is 0.889. The van der Waals surface area contributed by atoms with Crippen molar-refractivity contribution < 1.29 is 0 Å². The van der Waals surface area contributed by atoms with Gasteiger partial charge in [0.15, 0.2) is 0 Å². The van der Waals surface area contributed by atoms with Crippen molar-refractivity contribution in [1.29, 1.82) is 0 Å². The highest BCUT2D eigenvalue weighted by Crippen LogP contribution is 2.25. The molecule has 0 spiro atoms. The lowest BCUT2D eigenvalue weighted by Crippen LogP contribution is -2.48. The van der Waals surface area contributed by atoms with Crippen LogP contribution in [-0.4, -0.2) is 17.4 Å². The van der Waals surface area contributed by atoms with Crippen LogP contribution in [0, 0.1) is 0 Å². The van der Waals surface area contributed by atoms with Gasteiger partial charge in [0, 0.05) is 11.8 Å². The molecule has 0 saturated carbocycles. The summed E-state index contributed by atoms with van der Waals surface area (Å²) in [5.74, 6) is 0. The fourth-order valence-corrected chi connectivity index (χ4v) is 1.56. The molecule has 0 fully saturated rings. The van der Waals surface area contributed by atoms with Crippen molar-refractivity contribution in [3.05, 3.63) is 0 Å². The maximum absolute atomic E-state index is 4.52. The number of nitrogens with zero attached hydrogens (tertiary/aromatic N) is 1. The van der Waals surface area contributed by atoms with Crippen LogP contribution in [-0.2, 0) is 0 Å². The normalized spacial score (nSPS) is 25.8. The van der Waals surface area contributed by atoms with Gasteiger partial charge < -0.3 is 0 Å². The van der Waals surface area contributed by atoms with Gasteiger partial charge in [-0.1, -0.05) is 13.8 Å². The number of hydrogen-bond acceptors (Lipinski definition) is 2. The second-order valence-electron chi connectivity index (χ2n) is 3.84. The van der Waals surface area contributed by atoms with E-state index in [9.17, 15) is 0 Å². The maximum atomic E-state index is 4.52. The van der Waals surface area contributed by atoms with Crippen LogP contribution >= 0.6 is 0 Å². The average molecular weight is 154 g/mol. The summed E-state index contributed by atoms with van der Waals surface area (Å²) < 4.78 is 0. The Morgan fingerprint density at radius 2 is 1.82 bits per heavy atom. The molecule has 1 aliphatic rings. The summed E-state index contributed by atoms with van der Waals surface area (Å²) in [6.45, 7) is 8.66. The molecule has 0 aliphatic carbocycles. The van der Waals surface area contributed by atoms with Crippen LogP contribution < -0.4 is 5.32 Å². The number of aliphatic imine (C=N–C) groups is 1. The first-order valence-electron chi connectivity index (χ1n) is 4.39. The van der Waals surface area contributed by atoms with E-state index in [-0.39, 0.29) is 11.2 Å². The predicted octanol–water partition coefficient (Wildman–Crippen LogP) is 1.96. The largest absolute Gasteiger partial charge is 0.283 e. The first kappa shape index (κ1) is 8.72. The summed E-state index contributed by atoms with van der Waals surface area (Å²) in [6, 6.07) is 0. The Kier molecular flexibility index (Phi) is 2.06. The Morgan fingerprint density at radius 3 is 2.00 bits per heavy atom. The molecule has 2 heteroatoms. The lowest BCUT2D eigenvalue weighted by Gasteiger charge is -2.28. The van der Waals surface area contributed by atoms with Crippen molar-refractivity contribution in [3.63, 3.8) is 0 Å².